The molecular formula is C24H19BrN2O3. The van der Waals surface area contributed by atoms with Crippen LogP contribution in [-0.2, 0) is 4.79 Å². The number of nitrogens with zero attached hydrogens (tertiary/aromatic N) is 1. The van der Waals surface area contributed by atoms with Crippen LogP contribution in [0, 0.1) is 0 Å². The molecule has 0 bridgehead atoms. The number of para-hydroxylation sites is 1. The Balaban J connectivity index is 1.75. The minimum atomic E-state index is -0.696. The van der Waals surface area contributed by atoms with Crippen molar-refractivity contribution >= 4 is 38.8 Å². The van der Waals surface area contributed by atoms with E-state index in [0.717, 1.165) is 16.8 Å². The highest BCUT2D eigenvalue weighted by molar-refractivity contribution is 9.10. The highest BCUT2D eigenvalue weighted by Crippen LogP contribution is 2.30. The zero-order valence-corrected chi connectivity index (χ0v) is 17.8. The van der Waals surface area contributed by atoms with Gasteiger partial charge in [-0.15, -0.1) is 0 Å². The standard InChI is InChI=1S/C24H19BrN2O3/c1-2-30-18-12-10-16(11-13-18)19-15-17-7-5-6-14-27(17)22(19)23(28)24(29)26-21-9-4-3-8-20(21)25/h3-15H,2H2,1H3,(H,26,29). The topological polar surface area (TPSA) is 59.8 Å². The number of rotatable bonds is 6. The van der Waals surface area contributed by atoms with Crippen molar-refractivity contribution in [2.24, 2.45) is 0 Å². The lowest BCUT2D eigenvalue weighted by atomic mass is 10.0. The summed E-state index contributed by atoms with van der Waals surface area (Å²) in [4.78, 5) is 26.0. The van der Waals surface area contributed by atoms with Crippen molar-refractivity contribution in [2.75, 3.05) is 11.9 Å². The van der Waals surface area contributed by atoms with Crippen molar-refractivity contribution < 1.29 is 14.3 Å². The van der Waals surface area contributed by atoms with Crippen LogP contribution in [0.15, 0.2) is 83.5 Å². The largest absolute Gasteiger partial charge is 0.494 e. The number of aromatic nitrogens is 1. The van der Waals surface area contributed by atoms with Crippen molar-refractivity contribution in [1.29, 1.82) is 0 Å². The number of halogens is 1. The number of ketones is 1. The Kier molecular flexibility index (Phi) is 5.68. The number of Topliss-reactive ketones (excluding diaryl/α,β-unsaturated/α-hetero) is 1. The van der Waals surface area contributed by atoms with Gasteiger partial charge in [0.25, 0.3) is 11.7 Å². The van der Waals surface area contributed by atoms with Crippen LogP contribution in [0.4, 0.5) is 5.69 Å². The molecule has 0 spiro atoms. The van der Waals surface area contributed by atoms with E-state index in [1.807, 2.05) is 61.5 Å². The summed E-state index contributed by atoms with van der Waals surface area (Å²) in [6, 6.07) is 22.2. The van der Waals surface area contributed by atoms with Gasteiger partial charge in [0.1, 0.15) is 11.4 Å². The summed E-state index contributed by atoms with van der Waals surface area (Å²) in [5.41, 5.74) is 3.22. The zero-order chi connectivity index (χ0) is 21.1. The van der Waals surface area contributed by atoms with Crippen molar-refractivity contribution in [1.82, 2.24) is 4.40 Å². The van der Waals surface area contributed by atoms with Crippen molar-refractivity contribution in [3.8, 4) is 16.9 Å². The Morgan fingerprint density at radius 2 is 1.73 bits per heavy atom. The molecule has 0 aliphatic rings. The zero-order valence-electron chi connectivity index (χ0n) is 16.3. The lowest BCUT2D eigenvalue weighted by molar-refractivity contribution is -0.112. The number of nitrogens with one attached hydrogen (secondary N) is 1. The average molecular weight is 463 g/mol. The van der Waals surface area contributed by atoms with Gasteiger partial charge in [0, 0.05) is 21.7 Å². The van der Waals surface area contributed by atoms with Crippen LogP contribution < -0.4 is 10.1 Å². The molecule has 0 aliphatic heterocycles. The molecular weight excluding hydrogens is 444 g/mol. The third kappa shape index (κ3) is 3.86. The summed E-state index contributed by atoms with van der Waals surface area (Å²) in [6.07, 6.45) is 1.78. The highest BCUT2D eigenvalue weighted by atomic mass is 79.9. The molecule has 150 valence electrons. The van der Waals surface area contributed by atoms with Gasteiger partial charge in [-0.2, -0.15) is 0 Å². The Hall–Kier alpha value is -3.38. The minimum Gasteiger partial charge on any atom is -0.494 e. The van der Waals surface area contributed by atoms with Crippen molar-refractivity contribution in [3.05, 3.63) is 89.2 Å². The fourth-order valence-electron chi connectivity index (χ4n) is 3.32. The summed E-state index contributed by atoms with van der Waals surface area (Å²) in [5, 5.41) is 2.70. The van der Waals surface area contributed by atoms with E-state index in [4.69, 9.17) is 4.74 Å². The molecule has 4 rings (SSSR count). The molecule has 4 aromatic rings. The van der Waals surface area contributed by atoms with E-state index >= 15 is 0 Å². The fraction of sp³-hybridized carbons (Fsp3) is 0.0833. The highest BCUT2D eigenvalue weighted by Gasteiger charge is 2.25. The smallest absolute Gasteiger partial charge is 0.298 e. The van der Waals surface area contributed by atoms with Gasteiger partial charge < -0.3 is 14.5 Å². The third-order valence-corrected chi connectivity index (χ3v) is 5.39. The molecule has 30 heavy (non-hydrogen) atoms. The maximum Gasteiger partial charge on any atom is 0.298 e. The van der Waals surface area contributed by atoms with E-state index in [2.05, 4.69) is 21.2 Å². The fourth-order valence-corrected chi connectivity index (χ4v) is 3.71. The molecule has 2 heterocycles. The lowest BCUT2D eigenvalue weighted by Crippen LogP contribution is -2.24. The van der Waals surface area contributed by atoms with Gasteiger partial charge in [-0.3, -0.25) is 9.59 Å². The molecule has 0 radical (unpaired) electrons. The summed E-state index contributed by atoms with van der Waals surface area (Å²) in [5.74, 6) is -0.552. The van der Waals surface area contributed by atoms with Crippen LogP contribution in [0.3, 0.4) is 0 Å². The second-order valence-electron chi connectivity index (χ2n) is 6.62. The van der Waals surface area contributed by atoms with Crippen LogP contribution in [0.1, 0.15) is 17.4 Å². The molecule has 0 saturated carbocycles. The van der Waals surface area contributed by atoms with Crippen LogP contribution in [-0.4, -0.2) is 22.7 Å². The number of ether oxygens (including phenoxy) is 1. The van der Waals surface area contributed by atoms with Crippen molar-refractivity contribution in [3.63, 3.8) is 0 Å². The SMILES string of the molecule is CCOc1ccc(-c2cc3ccccn3c2C(=O)C(=O)Nc2ccccc2Br)cc1. The van der Waals surface area contributed by atoms with Gasteiger partial charge in [0.2, 0.25) is 0 Å². The summed E-state index contributed by atoms with van der Waals surface area (Å²) in [7, 11) is 0. The number of pyridine rings is 1. The molecule has 1 N–H and O–H groups in total. The second kappa shape index (κ2) is 8.55. The van der Waals surface area contributed by atoms with E-state index in [9.17, 15) is 9.59 Å². The normalized spacial score (nSPS) is 10.7. The molecule has 5 nitrogen and oxygen atoms in total. The molecule has 6 heteroatoms. The van der Waals surface area contributed by atoms with Crippen LogP contribution >= 0.6 is 15.9 Å². The molecule has 1 amide bonds. The number of hydrogen-bond donors (Lipinski definition) is 1. The number of hydrogen-bond acceptors (Lipinski definition) is 3. The number of amides is 1. The number of fused-ring (bicyclic) bond motifs is 1. The molecule has 2 aromatic heterocycles. The third-order valence-electron chi connectivity index (χ3n) is 4.70. The van der Waals surface area contributed by atoms with Gasteiger partial charge in [-0.1, -0.05) is 30.3 Å². The maximum atomic E-state index is 13.2. The van der Waals surface area contributed by atoms with Gasteiger partial charge in [-0.25, -0.2) is 0 Å². The average Bonchev–Trinajstić information content (AvgIpc) is 3.15. The first kappa shape index (κ1) is 19.9. The Labute approximate surface area is 182 Å². The Morgan fingerprint density at radius 1 is 1.00 bits per heavy atom. The Morgan fingerprint density at radius 3 is 2.47 bits per heavy atom. The first-order chi connectivity index (χ1) is 14.6. The van der Waals surface area contributed by atoms with Crippen molar-refractivity contribution in [2.45, 2.75) is 6.92 Å². The van der Waals surface area contributed by atoms with Gasteiger partial charge in [0.05, 0.1) is 12.3 Å². The van der Waals surface area contributed by atoms with E-state index < -0.39 is 11.7 Å². The number of anilines is 1. The molecule has 0 unspecified atom stereocenters. The van der Waals surface area contributed by atoms with E-state index in [-0.39, 0.29) is 0 Å². The van der Waals surface area contributed by atoms with E-state index in [0.29, 0.717) is 28.0 Å². The van der Waals surface area contributed by atoms with Crippen LogP contribution in [0.5, 0.6) is 5.75 Å². The monoisotopic (exact) mass is 462 g/mol. The van der Waals surface area contributed by atoms with Gasteiger partial charge >= 0.3 is 0 Å². The summed E-state index contributed by atoms with van der Waals surface area (Å²) < 4.78 is 7.96. The number of carbonyl (C=O) groups is 2. The van der Waals surface area contributed by atoms with Crippen LogP contribution in [0.2, 0.25) is 0 Å². The quantitative estimate of drug-likeness (QED) is 0.300. The maximum absolute atomic E-state index is 13.2. The summed E-state index contributed by atoms with van der Waals surface area (Å²) in [6.45, 7) is 2.50. The number of carbonyl (C=O) groups excluding carboxylic acids is 2. The first-order valence-electron chi connectivity index (χ1n) is 9.52. The predicted molar refractivity (Wildman–Crippen MR) is 121 cm³/mol. The predicted octanol–water partition coefficient (Wildman–Crippen LogP) is 5.59. The van der Waals surface area contributed by atoms with Crippen LogP contribution in [0.25, 0.3) is 16.6 Å². The molecule has 0 fully saturated rings. The molecule has 0 atom stereocenters. The Bertz CT molecular complexity index is 1230. The molecule has 0 saturated heterocycles. The first-order valence-corrected chi connectivity index (χ1v) is 10.3. The molecule has 2 aromatic carbocycles. The van der Waals surface area contributed by atoms with E-state index in [1.54, 1.807) is 28.8 Å². The lowest BCUT2D eigenvalue weighted by Gasteiger charge is -2.09. The minimum absolute atomic E-state index is 0.319. The van der Waals surface area contributed by atoms with E-state index in [1.165, 1.54) is 0 Å². The van der Waals surface area contributed by atoms with Gasteiger partial charge in [-0.05, 0) is 70.9 Å². The molecule has 0 aliphatic carbocycles. The number of benzene rings is 2. The summed E-state index contributed by atoms with van der Waals surface area (Å²) >= 11 is 3.39. The second-order valence-corrected chi connectivity index (χ2v) is 7.48. The van der Waals surface area contributed by atoms with Gasteiger partial charge in [0.15, 0.2) is 0 Å².